The molecule has 1 fully saturated rings. The second-order valence-corrected chi connectivity index (χ2v) is 13.6. The summed E-state index contributed by atoms with van der Waals surface area (Å²) in [4.78, 5) is 0. The maximum atomic E-state index is 10.1. The monoisotopic (exact) mass is 565 g/mol. The Bertz CT molecular complexity index is 444. The van der Waals surface area contributed by atoms with Gasteiger partial charge in [0, 0.05) is 6.61 Å². The highest BCUT2D eigenvalue weighted by molar-refractivity contribution is 4.62. The van der Waals surface area contributed by atoms with Crippen LogP contribution in [0.4, 0.5) is 0 Å². The second-order valence-electron chi connectivity index (χ2n) is 13.6. The minimum Gasteiger partial charge on any atom is -0.393 e. The largest absolute Gasteiger partial charge is 0.393 e. The molecule has 40 heavy (non-hydrogen) atoms. The Labute approximate surface area is 253 Å². The van der Waals surface area contributed by atoms with E-state index in [0.717, 1.165) is 19.4 Å². The third kappa shape index (κ3) is 28.1. The van der Waals surface area contributed by atoms with Crippen LogP contribution in [-0.2, 0) is 4.74 Å². The lowest BCUT2D eigenvalue weighted by atomic mass is 9.99. The molecule has 0 aromatic carbocycles. The lowest BCUT2D eigenvalue weighted by Gasteiger charge is -2.18. The fourth-order valence-electron chi connectivity index (χ4n) is 6.63. The van der Waals surface area contributed by atoms with Crippen molar-refractivity contribution >= 4 is 0 Å². The van der Waals surface area contributed by atoms with Gasteiger partial charge in [-0.3, -0.25) is 0 Å². The maximum absolute atomic E-state index is 10.1. The van der Waals surface area contributed by atoms with Gasteiger partial charge >= 0.3 is 0 Å². The van der Waals surface area contributed by atoms with Gasteiger partial charge < -0.3 is 9.84 Å². The smallest absolute Gasteiger partial charge is 0.0575 e. The Hall–Kier alpha value is -0.0800. The number of aliphatic hydroxyl groups is 1. The summed E-state index contributed by atoms with van der Waals surface area (Å²) in [6, 6.07) is 0. The molecule has 1 N–H and O–H groups in total. The Morgan fingerprint density at radius 3 is 1.07 bits per heavy atom. The van der Waals surface area contributed by atoms with Crippen LogP contribution in [-0.4, -0.2) is 23.9 Å². The molecule has 0 saturated heterocycles. The van der Waals surface area contributed by atoms with Crippen molar-refractivity contribution in [1.29, 1.82) is 0 Å². The lowest BCUT2D eigenvalue weighted by molar-refractivity contribution is 0.0357. The van der Waals surface area contributed by atoms with Crippen molar-refractivity contribution < 1.29 is 9.84 Å². The van der Waals surface area contributed by atoms with E-state index in [-0.39, 0.29) is 6.10 Å². The highest BCUT2D eigenvalue weighted by Gasteiger charge is 2.10. The first kappa shape index (κ1) is 37.9. The van der Waals surface area contributed by atoms with E-state index in [9.17, 15) is 5.11 Å². The first-order chi connectivity index (χ1) is 19.8. The molecule has 0 amide bonds. The average molecular weight is 565 g/mol. The molecule has 240 valence electrons. The predicted octanol–water partition coefficient (Wildman–Crippen LogP) is 13.0. The molecule has 1 rings (SSSR count). The molecule has 0 heterocycles. The van der Waals surface area contributed by atoms with E-state index >= 15 is 0 Å². The Morgan fingerprint density at radius 2 is 0.700 bits per heavy atom. The van der Waals surface area contributed by atoms with Gasteiger partial charge in [0.2, 0.25) is 0 Å². The Balaban J connectivity index is 1.95. The van der Waals surface area contributed by atoms with Crippen LogP contribution in [0.1, 0.15) is 225 Å². The predicted molar refractivity (Wildman–Crippen MR) is 178 cm³/mol. The highest BCUT2D eigenvalue weighted by atomic mass is 16.5. The zero-order valence-corrected chi connectivity index (χ0v) is 27.8. The van der Waals surface area contributed by atoms with Crippen molar-refractivity contribution in [3.05, 3.63) is 0 Å². The summed E-state index contributed by atoms with van der Waals surface area (Å²) in [5.74, 6) is 0. The molecule has 2 nitrogen and oxygen atoms in total. The normalized spacial score (nSPS) is 21.1. The maximum Gasteiger partial charge on any atom is 0.0575 e. The van der Waals surface area contributed by atoms with Gasteiger partial charge in [-0.25, -0.2) is 0 Å². The number of hydrogen-bond donors (Lipinski definition) is 1. The standard InChI is InChI=1S/C38H76O2/c1-2-3-4-5-6-7-8-9-10-11-12-13-14-15-16-21-26-31-36-40-38-34-29-24-19-17-22-27-32-37(39)33-28-23-18-20-25-30-35-38/h37-39H,2-36H2,1H3. The molecule has 1 saturated carbocycles. The molecule has 0 spiro atoms. The number of rotatable bonds is 20. The molecule has 0 bridgehead atoms. The van der Waals surface area contributed by atoms with Crippen LogP contribution in [0.15, 0.2) is 0 Å². The lowest BCUT2D eigenvalue weighted by Crippen LogP contribution is -2.14. The van der Waals surface area contributed by atoms with E-state index in [1.54, 1.807) is 0 Å². The van der Waals surface area contributed by atoms with Crippen molar-refractivity contribution in [3.63, 3.8) is 0 Å². The summed E-state index contributed by atoms with van der Waals surface area (Å²) in [6.07, 6.45) is 46.8. The summed E-state index contributed by atoms with van der Waals surface area (Å²) in [6.45, 7) is 3.30. The molecule has 2 heteroatoms. The van der Waals surface area contributed by atoms with Crippen LogP contribution in [0.2, 0.25) is 0 Å². The highest BCUT2D eigenvalue weighted by Crippen LogP contribution is 2.20. The van der Waals surface area contributed by atoms with Crippen molar-refractivity contribution in [3.8, 4) is 0 Å². The van der Waals surface area contributed by atoms with Crippen LogP contribution in [0.5, 0.6) is 0 Å². The average Bonchev–Trinajstić information content (AvgIpc) is 2.96. The third-order valence-electron chi connectivity index (χ3n) is 9.48. The molecular formula is C38H76O2. The Morgan fingerprint density at radius 1 is 0.400 bits per heavy atom. The van der Waals surface area contributed by atoms with Crippen molar-refractivity contribution in [1.82, 2.24) is 0 Å². The molecular weight excluding hydrogens is 488 g/mol. The second kappa shape index (κ2) is 31.8. The first-order valence-electron chi connectivity index (χ1n) is 19.1. The van der Waals surface area contributed by atoms with Gasteiger partial charge in [-0.05, 0) is 32.1 Å². The van der Waals surface area contributed by atoms with Gasteiger partial charge in [0.1, 0.15) is 0 Å². The van der Waals surface area contributed by atoms with Crippen molar-refractivity contribution in [2.75, 3.05) is 6.61 Å². The van der Waals surface area contributed by atoms with E-state index < -0.39 is 0 Å². The molecule has 0 aromatic heterocycles. The molecule has 0 unspecified atom stereocenters. The van der Waals surface area contributed by atoms with Crippen LogP contribution in [0.25, 0.3) is 0 Å². The Kier molecular flexibility index (Phi) is 30.2. The van der Waals surface area contributed by atoms with Crippen molar-refractivity contribution in [2.45, 2.75) is 237 Å². The minimum atomic E-state index is -0.0409. The zero-order valence-electron chi connectivity index (χ0n) is 27.8. The molecule has 0 atom stereocenters. The molecule has 1 aliphatic rings. The van der Waals surface area contributed by atoms with E-state index in [2.05, 4.69) is 6.92 Å². The molecule has 0 aromatic rings. The molecule has 0 radical (unpaired) electrons. The van der Waals surface area contributed by atoms with Gasteiger partial charge in [0.05, 0.1) is 12.2 Å². The fourth-order valence-corrected chi connectivity index (χ4v) is 6.63. The van der Waals surface area contributed by atoms with Crippen molar-refractivity contribution in [2.24, 2.45) is 0 Å². The molecule has 0 aliphatic heterocycles. The fraction of sp³-hybridized carbons (Fsp3) is 1.00. The van der Waals surface area contributed by atoms with E-state index in [1.165, 1.54) is 205 Å². The van der Waals surface area contributed by atoms with Gasteiger partial charge in [0.15, 0.2) is 0 Å². The SMILES string of the molecule is CCCCCCCCCCCCCCCCCCCCOC1CCCCCCCCC(O)CCCCCCCC1. The summed E-state index contributed by atoms with van der Waals surface area (Å²) in [5.41, 5.74) is 0. The third-order valence-corrected chi connectivity index (χ3v) is 9.48. The van der Waals surface area contributed by atoms with Crippen LogP contribution >= 0.6 is 0 Å². The summed E-state index contributed by atoms with van der Waals surface area (Å²) in [5, 5.41) is 10.1. The van der Waals surface area contributed by atoms with E-state index in [1.807, 2.05) is 0 Å². The van der Waals surface area contributed by atoms with E-state index in [4.69, 9.17) is 4.74 Å². The first-order valence-corrected chi connectivity index (χ1v) is 19.1. The quantitative estimate of drug-likeness (QED) is 0.149. The summed E-state index contributed by atoms with van der Waals surface area (Å²) >= 11 is 0. The molecule has 1 aliphatic carbocycles. The zero-order chi connectivity index (χ0) is 28.6. The van der Waals surface area contributed by atoms with E-state index in [0.29, 0.717) is 6.10 Å². The topological polar surface area (TPSA) is 29.5 Å². The summed E-state index contributed by atoms with van der Waals surface area (Å²) in [7, 11) is 0. The van der Waals surface area contributed by atoms with Gasteiger partial charge in [-0.1, -0.05) is 193 Å². The van der Waals surface area contributed by atoms with Crippen LogP contribution < -0.4 is 0 Å². The van der Waals surface area contributed by atoms with Crippen LogP contribution in [0, 0.1) is 0 Å². The number of aliphatic hydroxyl groups excluding tert-OH is 1. The number of hydrogen-bond acceptors (Lipinski definition) is 2. The minimum absolute atomic E-state index is 0.0409. The number of ether oxygens (including phenoxy) is 1. The van der Waals surface area contributed by atoms with Gasteiger partial charge in [0.25, 0.3) is 0 Å². The van der Waals surface area contributed by atoms with Gasteiger partial charge in [-0.2, -0.15) is 0 Å². The number of unbranched alkanes of at least 4 members (excludes halogenated alkanes) is 17. The van der Waals surface area contributed by atoms with Gasteiger partial charge in [-0.15, -0.1) is 0 Å². The van der Waals surface area contributed by atoms with Crippen LogP contribution in [0.3, 0.4) is 0 Å². The summed E-state index contributed by atoms with van der Waals surface area (Å²) < 4.78 is 6.44.